The van der Waals surface area contributed by atoms with E-state index < -0.39 is 9.84 Å². The Hall–Kier alpha value is -0.830. The first-order valence-electron chi connectivity index (χ1n) is 7.85. The second kappa shape index (κ2) is 9.46. The van der Waals surface area contributed by atoms with Crippen LogP contribution in [0.1, 0.15) is 32.6 Å². The van der Waals surface area contributed by atoms with Gasteiger partial charge in [-0.2, -0.15) is 0 Å². The maximum Gasteiger partial charge on any atom is 0.188 e. The van der Waals surface area contributed by atoms with Crippen molar-refractivity contribution in [2.24, 2.45) is 16.6 Å². The van der Waals surface area contributed by atoms with Crippen LogP contribution in [0.25, 0.3) is 0 Å². The number of aliphatic imine (C=N–C) groups is 1. The standard InChI is InChI=1S/C16H25N3O2S.HI/c1-2-14(19-16(17)18-11-13-7-6-8-13)12-22(20,21)15-9-4-3-5-10-15;/h3-5,9-10,13-14H,2,6-8,11-12H2,1H3,(H3,17,18,19);1H. The molecular weight excluding hydrogens is 425 g/mol. The van der Waals surface area contributed by atoms with Crippen molar-refractivity contribution in [3.63, 3.8) is 0 Å². The Bertz CT molecular complexity index is 601. The summed E-state index contributed by atoms with van der Waals surface area (Å²) in [5.74, 6) is 1.02. The van der Waals surface area contributed by atoms with Crippen LogP contribution in [-0.2, 0) is 9.84 Å². The van der Waals surface area contributed by atoms with Gasteiger partial charge in [-0.15, -0.1) is 24.0 Å². The van der Waals surface area contributed by atoms with Crippen LogP contribution in [0.4, 0.5) is 0 Å². The van der Waals surface area contributed by atoms with Crippen LogP contribution >= 0.6 is 24.0 Å². The molecule has 130 valence electrons. The molecule has 2 rings (SSSR count). The predicted molar refractivity (Wildman–Crippen MR) is 105 cm³/mol. The van der Waals surface area contributed by atoms with Gasteiger partial charge in [0.25, 0.3) is 0 Å². The molecule has 0 aliphatic heterocycles. The van der Waals surface area contributed by atoms with Gasteiger partial charge in [-0.05, 0) is 37.3 Å². The Morgan fingerprint density at radius 2 is 2.00 bits per heavy atom. The first kappa shape index (κ1) is 20.2. The molecular formula is C16H26IN3O2S. The normalized spacial score (nSPS) is 17.0. The van der Waals surface area contributed by atoms with E-state index in [1.165, 1.54) is 19.3 Å². The third-order valence-electron chi connectivity index (χ3n) is 4.11. The number of nitrogens with two attached hydrogens (primary N) is 1. The summed E-state index contributed by atoms with van der Waals surface area (Å²) in [6.45, 7) is 2.68. The van der Waals surface area contributed by atoms with Crippen molar-refractivity contribution in [3.05, 3.63) is 30.3 Å². The molecule has 0 bridgehead atoms. The Morgan fingerprint density at radius 1 is 1.35 bits per heavy atom. The Balaban J connectivity index is 0.00000264. The highest BCUT2D eigenvalue weighted by Crippen LogP contribution is 2.26. The molecule has 1 unspecified atom stereocenters. The van der Waals surface area contributed by atoms with E-state index in [9.17, 15) is 8.42 Å². The zero-order valence-electron chi connectivity index (χ0n) is 13.4. The van der Waals surface area contributed by atoms with Crippen molar-refractivity contribution in [1.29, 1.82) is 0 Å². The van der Waals surface area contributed by atoms with Gasteiger partial charge in [-0.3, -0.25) is 4.99 Å². The molecule has 7 heteroatoms. The van der Waals surface area contributed by atoms with Gasteiger partial charge >= 0.3 is 0 Å². The highest BCUT2D eigenvalue weighted by molar-refractivity contribution is 14.0. The Morgan fingerprint density at radius 3 is 2.52 bits per heavy atom. The average Bonchev–Trinajstić information content (AvgIpc) is 2.45. The van der Waals surface area contributed by atoms with E-state index in [-0.39, 0.29) is 35.8 Å². The minimum absolute atomic E-state index is 0. The third-order valence-corrected chi connectivity index (χ3v) is 5.94. The summed E-state index contributed by atoms with van der Waals surface area (Å²) in [6, 6.07) is 8.28. The van der Waals surface area contributed by atoms with Gasteiger partial charge in [0.2, 0.25) is 0 Å². The molecule has 1 aliphatic rings. The lowest BCUT2D eigenvalue weighted by Gasteiger charge is -2.24. The number of rotatable bonds is 7. The number of hydrogen-bond acceptors (Lipinski definition) is 3. The minimum atomic E-state index is -3.32. The smallest absolute Gasteiger partial charge is 0.188 e. The highest BCUT2D eigenvalue weighted by Gasteiger charge is 2.21. The second-order valence-corrected chi connectivity index (χ2v) is 7.90. The van der Waals surface area contributed by atoms with Crippen LogP contribution in [0.15, 0.2) is 40.2 Å². The molecule has 0 heterocycles. The van der Waals surface area contributed by atoms with Crippen molar-refractivity contribution >= 4 is 39.8 Å². The molecule has 0 spiro atoms. The number of guanidine groups is 1. The van der Waals surface area contributed by atoms with Crippen LogP contribution < -0.4 is 11.1 Å². The summed E-state index contributed by atoms with van der Waals surface area (Å²) in [6.07, 6.45) is 4.39. The summed E-state index contributed by atoms with van der Waals surface area (Å²) >= 11 is 0. The lowest BCUT2D eigenvalue weighted by molar-refractivity contribution is 0.326. The molecule has 1 aromatic carbocycles. The maximum atomic E-state index is 12.4. The summed E-state index contributed by atoms with van der Waals surface area (Å²) in [5, 5.41) is 3.04. The van der Waals surface area contributed by atoms with Crippen LogP contribution in [0, 0.1) is 5.92 Å². The lowest BCUT2D eigenvalue weighted by atomic mass is 9.86. The fraction of sp³-hybridized carbons (Fsp3) is 0.562. The number of nitrogens with one attached hydrogen (secondary N) is 1. The van der Waals surface area contributed by atoms with E-state index in [2.05, 4.69) is 10.3 Å². The van der Waals surface area contributed by atoms with Crippen molar-refractivity contribution in [2.75, 3.05) is 12.3 Å². The molecule has 0 aromatic heterocycles. The number of sulfone groups is 1. The van der Waals surface area contributed by atoms with Crippen molar-refractivity contribution in [2.45, 2.75) is 43.5 Å². The molecule has 3 N–H and O–H groups in total. The van der Waals surface area contributed by atoms with Crippen LogP contribution in [0.3, 0.4) is 0 Å². The SMILES string of the molecule is CCC(CS(=O)(=O)c1ccccc1)NC(N)=NCC1CCC1.I. The van der Waals surface area contributed by atoms with Crippen LogP contribution in [0.5, 0.6) is 0 Å². The largest absolute Gasteiger partial charge is 0.370 e. The van der Waals surface area contributed by atoms with Crippen molar-refractivity contribution < 1.29 is 8.42 Å². The fourth-order valence-electron chi connectivity index (χ4n) is 2.41. The maximum absolute atomic E-state index is 12.4. The van der Waals surface area contributed by atoms with E-state index in [4.69, 9.17) is 5.73 Å². The van der Waals surface area contributed by atoms with Crippen molar-refractivity contribution in [3.8, 4) is 0 Å². The van der Waals surface area contributed by atoms with Gasteiger partial charge in [0.1, 0.15) is 0 Å². The summed E-state index contributed by atoms with van der Waals surface area (Å²) in [4.78, 5) is 4.67. The molecule has 0 radical (unpaired) electrons. The Kier molecular flexibility index (Phi) is 8.32. The lowest BCUT2D eigenvalue weighted by Crippen LogP contribution is -2.43. The molecule has 5 nitrogen and oxygen atoms in total. The quantitative estimate of drug-likeness (QED) is 0.379. The van der Waals surface area contributed by atoms with Gasteiger partial charge in [-0.1, -0.05) is 31.5 Å². The number of nitrogens with zero attached hydrogens (tertiary/aromatic N) is 1. The Labute approximate surface area is 156 Å². The summed E-state index contributed by atoms with van der Waals surface area (Å²) in [7, 11) is -3.32. The van der Waals surface area contributed by atoms with Crippen molar-refractivity contribution in [1.82, 2.24) is 5.32 Å². The van der Waals surface area contributed by atoms with Gasteiger partial charge in [-0.25, -0.2) is 8.42 Å². The minimum Gasteiger partial charge on any atom is -0.370 e. The van der Waals surface area contributed by atoms with Crippen LogP contribution in [-0.4, -0.2) is 32.7 Å². The molecule has 1 fully saturated rings. The predicted octanol–water partition coefficient (Wildman–Crippen LogP) is 2.56. The molecule has 0 saturated heterocycles. The van der Waals surface area contributed by atoms with E-state index >= 15 is 0 Å². The topological polar surface area (TPSA) is 84.5 Å². The van der Waals surface area contributed by atoms with Gasteiger partial charge in [0.05, 0.1) is 10.6 Å². The first-order valence-corrected chi connectivity index (χ1v) is 9.50. The van der Waals surface area contributed by atoms with Crippen LogP contribution in [0.2, 0.25) is 0 Å². The van der Waals surface area contributed by atoms with E-state index in [0.717, 1.165) is 6.54 Å². The van der Waals surface area contributed by atoms with Gasteiger partial charge < -0.3 is 11.1 Å². The monoisotopic (exact) mass is 451 g/mol. The molecule has 1 saturated carbocycles. The van der Waals surface area contributed by atoms with Gasteiger partial charge in [0.15, 0.2) is 15.8 Å². The summed E-state index contributed by atoms with van der Waals surface area (Å²) < 4.78 is 24.8. The third kappa shape index (κ3) is 6.29. The average molecular weight is 451 g/mol. The highest BCUT2D eigenvalue weighted by atomic mass is 127. The molecule has 1 atom stereocenters. The summed E-state index contributed by atoms with van der Waals surface area (Å²) in [5.41, 5.74) is 5.88. The van der Waals surface area contributed by atoms with Gasteiger partial charge in [0, 0.05) is 12.6 Å². The van der Waals surface area contributed by atoms with E-state index in [1.807, 2.05) is 6.92 Å². The first-order chi connectivity index (χ1) is 10.5. The molecule has 23 heavy (non-hydrogen) atoms. The number of hydrogen-bond donors (Lipinski definition) is 2. The number of halogens is 1. The number of benzene rings is 1. The van der Waals surface area contributed by atoms with E-state index in [0.29, 0.717) is 23.2 Å². The zero-order chi connectivity index (χ0) is 16.0. The fourth-order valence-corrected chi connectivity index (χ4v) is 4.02. The zero-order valence-corrected chi connectivity index (χ0v) is 16.6. The molecule has 0 amide bonds. The van der Waals surface area contributed by atoms with E-state index in [1.54, 1.807) is 30.3 Å². The molecule has 1 aromatic rings. The second-order valence-electron chi connectivity index (χ2n) is 5.87. The molecule has 1 aliphatic carbocycles.